The van der Waals surface area contributed by atoms with Gasteiger partial charge in [0.1, 0.15) is 0 Å². The Morgan fingerprint density at radius 2 is 1.66 bits per heavy atom. The number of ether oxygens (including phenoxy) is 1. The minimum atomic E-state index is -0.448. The van der Waals surface area contributed by atoms with Crippen LogP contribution in [0.25, 0.3) is 0 Å². The van der Waals surface area contributed by atoms with Crippen LogP contribution in [0.5, 0.6) is 0 Å². The molecule has 38 heavy (non-hydrogen) atoms. The lowest BCUT2D eigenvalue weighted by Gasteiger charge is -2.44. The number of carbonyl (C=O) groups excluding carboxylic acids is 2. The van der Waals surface area contributed by atoms with Crippen LogP contribution in [-0.4, -0.2) is 71.1 Å². The van der Waals surface area contributed by atoms with Crippen molar-refractivity contribution in [2.75, 3.05) is 32.7 Å². The lowest BCUT2D eigenvalue weighted by molar-refractivity contribution is -0.00576. The zero-order valence-electron chi connectivity index (χ0n) is 23.8. The highest BCUT2D eigenvalue weighted by atomic mass is 16.6. The van der Waals surface area contributed by atoms with Crippen molar-refractivity contribution in [3.8, 4) is 0 Å². The maximum Gasteiger partial charge on any atom is 0.415 e. The molecule has 2 amide bonds. The molecular weight excluding hydrogens is 474 g/mol. The topological polar surface area (TPSA) is 53.1 Å². The van der Waals surface area contributed by atoms with Gasteiger partial charge < -0.3 is 9.64 Å². The molecule has 3 heterocycles. The van der Waals surface area contributed by atoms with E-state index in [0.717, 1.165) is 93.6 Å². The van der Waals surface area contributed by atoms with E-state index >= 15 is 0 Å². The van der Waals surface area contributed by atoms with Gasteiger partial charge in [0, 0.05) is 57.2 Å². The Morgan fingerprint density at radius 1 is 1.00 bits per heavy atom. The number of nitrogens with zero attached hydrogens (tertiary/aromatic N) is 3. The standard InChI is InChI=1S/C32H47N3O3/c1-4-5-14-28-32(38-31(37)35(28)23-26-12-7-6-8-13-26)17-21-33(22-18-32)27-15-19-34(20-16-27)30(36)29-24(2)10-9-11-25(29)3/h9-11,14,26-27H,4-8,12-13,15-23H2,1-3H3/b28-14-. The van der Waals surface area contributed by atoms with Crippen LogP contribution in [0.15, 0.2) is 30.0 Å². The summed E-state index contributed by atoms with van der Waals surface area (Å²) >= 11 is 0. The summed E-state index contributed by atoms with van der Waals surface area (Å²) < 4.78 is 6.25. The SMILES string of the molecule is CCC/C=C1\N(CC2CCCCC2)C(=O)OC12CCN(C1CCN(C(=O)c3c(C)cccc3C)CC1)CC2. The lowest BCUT2D eigenvalue weighted by Crippen LogP contribution is -2.52. The number of carbonyl (C=O) groups is 2. The zero-order chi connectivity index (χ0) is 26.7. The highest BCUT2D eigenvalue weighted by molar-refractivity contribution is 5.97. The molecule has 0 radical (unpaired) electrons. The summed E-state index contributed by atoms with van der Waals surface area (Å²) in [5.41, 5.74) is 3.71. The summed E-state index contributed by atoms with van der Waals surface area (Å²) in [5.74, 6) is 0.784. The van der Waals surface area contributed by atoms with Crippen molar-refractivity contribution in [3.63, 3.8) is 0 Å². The molecule has 1 spiro atoms. The van der Waals surface area contributed by atoms with E-state index in [1.807, 2.05) is 41.8 Å². The van der Waals surface area contributed by atoms with E-state index in [9.17, 15) is 9.59 Å². The number of likely N-dealkylation sites (tertiary alicyclic amines) is 2. The van der Waals surface area contributed by atoms with E-state index in [0.29, 0.717) is 12.0 Å². The van der Waals surface area contributed by atoms with Gasteiger partial charge in [-0.25, -0.2) is 4.79 Å². The molecule has 4 aliphatic rings. The third kappa shape index (κ3) is 5.52. The fourth-order valence-corrected chi connectivity index (χ4v) is 7.35. The van der Waals surface area contributed by atoms with E-state index in [1.54, 1.807) is 0 Å². The van der Waals surface area contributed by atoms with Crippen LogP contribution in [0.3, 0.4) is 0 Å². The first-order chi connectivity index (χ1) is 18.4. The number of unbranched alkanes of at least 4 members (excludes halogenated alkanes) is 1. The van der Waals surface area contributed by atoms with Gasteiger partial charge in [0.15, 0.2) is 5.60 Å². The molecule has 3 aliphatic heterocycles. The molecule has 0 bridgehead atoms. The molecule has 1 aromatic rings. The Morgan fingerprint density at radius 3 is 2.29 bits per heavy atom. The maximum atomic E-state index is 13.3. The van der Waals surface area contributed by atoms with E-state index in [2.05, 4.69) is 17.9 Å². The highest BCUT2D eigenvalue weighted by Crippen LogP contribution is 2.43. The molecule has 6 heteroatoms. The van der Waals surface area contributed by atoms with Crippen LogP contribution in [0.4, 0.5) is 4.79 Å². The lowest BCUT2D eigenvalue weighted by atomic mass is 9.84. The van der Waals surface area contributed by atoms with Crippen LogP contribution in [0.1, 0.15) is 99.0 Å². The van der Waals surface area contributed by atoms with Crippen LogP contribution >= 0.6 is 0 Å². The second-order valence-corrected chi connectivity index (χ2v) is 12.2. The molecule has 5 rings (SSSR count). The van der Waals surface area contributed by atoms with E-state index < -0.39 is 5.60 Å². The van der Waals surface area contributed by atoms with Crippen molar-refractivity contribution in [2.45, 2.75) is 103 Å². The van der Waals surface area contributed by atoms with E-state index in [4.69, 9.17) is 4.74 Å². The van der Waals surface area contributed by atoms with Crippen molar-refractivity contribution >= 4 is 12.0 Å². The van der Waals surface area contributed by atoms with E-state index in [1.165, 1.54) is 32.1 Å². The molecule has 1 aliphatic carbocycles. The average Bonchev–Trinajstić information content (AvgIpc) is 3.17. The summed E-state index contributed by atoms with van der Waals surface area (Å²) in [5, 5.41) is 0. The first-order valence-electron chi connectivity index (χ1n) is 15.2. The summed E-state index contributed by atoms with van der Waals surface area (Å²) in [6.07, 6.45) is 14.4. The smallest absolute Gasteiger partial charge is 0.415 e. The molecule has 0 N–H and O–H groups in total. The number of hydrogen-bond acceptors (Lipinski definition) is 4. The van der Waals surface area contributed by atoms with Crippen molar-refractivity contribution in [2.24, 2.45) is 5.92 Å². The molecule has 3 saturated heterocycles. The van der Waals surface area contributed by atoms with Crippen molar-refractivity contribution in [3.05, 3.63) is 46.7 Å². The average molecular weight is 522 g/mol. The number of aryl methyl sites for hydroxylation is 2. The van der Waals surface area contributed by atoms with Gasteiger partial charge in [-0.2, -0.15) is 0 Å². The largest absolute Gasteiger partial charge is 0.436 e. The van der Waals surface area contributed by atoms with Crippen LogP contribution in [0.2, 0.25) is 0 Å². The molecule has 4 fully saturated rings. The molecular formula is C32H47N3O3. The summed E-state index contributed by atoms with van der Waals surface area (Å²) in [7, 11) is 0. The van der Waals surface area contributed by atoms with E-state index in [-0.39, 0.29) is 12.0 Å². The first kappa shape index (κ1) is 27.2. The fraction of sp³-hybridized carbons (Fsp3) is 0.688. The molecule has 1 saturated carbocycles. The third-order valence-corrected chi connectivity index (χ3v) is 9.62. The molecule has 6 nitrogen and oxygen atoms in total. The molecule has 0 atom stereocenters. The fourth-order valence-electron chi connectivity index (χ4n) is 7.35. The number of hydrogen-bond donors (Lipinski definition) is 0. The Balaban J connectivity index is 1.19. The first-order valence-corrected chi connectivity index (χ1v) is 15.2. The normalized spacial score (nSPS) is 24.4. The quantitative estimate of drug-likeness (QED) is 0.431. The number of amides is 2. The van der Waals surface area contributed by atoms with Gasteiger partial charge >= 0.3 is 6.09 Å². The number of allylic oxidation sites excluding steroid dienone is 1. The molecule has 0 aromatic heterocycles. The van der Waals surface area contributed by atoms with Gasteiger partial charge in [-0.3, -0.25) is 14.6 Å². The summed E-state index contributed by atoms with van der Waals surface area (Å²) in [6.45, 7) is 10.6. The minimum Gasteiger partial charge on any atom is -0.436 e. The monoisotopic (exact) mass is 521 g/mol. The van der Waals surface area contributed by atoms with Crippen molar-refractivity contribution in [1.82, 2.24) is 14.7 Å². The molecule has 0 unspecified atom stereocenters. The van der Waals surface area contributed by atoms with Crippen LogP contribution in [-0.2, 0) is 4.74 Å². The predicted molar refractivity (Wildman–Crippen MR) is 151 cm³/mol. The summed E-state index contributed by atoms with van der Waals surface area (Å²) in [4.78, 5) is 33.1. The van der Waals surface area contributed by atoms with Gasteiger partial charge in [0.05, 0.1) is 5.70 Å². The Kier molecular flexibility index (Phi) is 8.47. The van der Waals surface area contributed by atoms with Crippen LogP contribution < -0.4 is 0 Å². The zero-order valence-corrected chi connectivity index (χ0v) is 23.8. The van der Waals surface area contributed by atoms with Crippen molar-refractivity contribution in [1.29, 1.82) is 0 Å². The van der Waals surface area contributed by atoms with Gasteiger partial charge in [0.25, 0.3) is 5.91 Å². The Hall–Kier alpha value is -2.34. The Labute approximate surface area is 229 Å². The van der Waals surface area contributed by atoms with Gasteiger partial charge in [-0.05, 0) is 63.0 Å². The number of piperidine rings is 2. The third-order valence-electron chi connectivity index (χ3n) is 9.62. The molecule has 208 valence electrons. The Bertz CT molecular complexity index is 1010. The maximum absolute atomic E-state index is 13.3. The summed E-state index contributed by atoms with van der Waals surface area (Å²) in [6, 6.07) is 6.58. The molecule has 1 aromatic carbocycles. The van der Waals surface area contributed by atoms with Gasteiger partial charge in [0.2, 0.25) is 0 Å². The second kappa shape index (κ2) is 11.8. The van der Waals surface area contributed by atoms with Gasteiger partial charge in [-0.1, -0.05) is 56.9 Å². The van der Waals surface area contributed by atoms with Crippen molar-refractivity contribution < 1.29 is 14.3 Å². The van der Waals surface area contributed by atoms with Crippen LogP contribution in [0, 0.1) is 19.8 Å². The number of rotatable bonds is 6. The highest BCUT2D eigenvalue weighted by Gasteiger charge is 2.52. The predicted octanol–water partition coefficient (Wildman–Crippen LogP) is 6.46. The second-order valence-electron chi connectivity index (χ2n) is 12.2. The minimum absolute atomic E-state index is 0.121. The van der Waals surface area contributed by atoms with Gasteiger partial charge in [-0.15, -0.1) is 0 Å². The number of benzene rings is 1.